The maximum atomic E-state index is 12.3. The molecule has 3 rings (SSSR count). The van der Waals surface area contributed by atoms with Gasteiger partial charge in [0.25, 0.3) is 0 Å². The van der Waals surface area contributed by atoms with E-state index in [9.17, 15) is 19.2 Å². The van der Waals surface area contributed by atoms with Gasteiger partial charge >= 0.3 is 6.03 Å². The van der Waals surface area contributed by atoms with Crippen molar-refractivity contribution in [3.8, 4) is 0 Å². The number of amides is 5. The first-order valence-electron chi connectivity index (χ1n) is 8.36. The zero-order chi connectivity index (χ0) is 18.7. The highest BCUT2D eigenvalue weighted by Crippen LogP contribution is 2.15. The van der Waals surface area contributed by atoms with Gasteiger partial charge in [-0.1, -0.05) is 11.6 Å². The van der Waals surface area contributed by atoms with E-state index in [1.807, 2.05) is 0 Å². The average molecular weight is 379 g/mol. The highest BCUT2D eigenvalue weighted by atomic mass is 35.5. The number of hydrogen-bond donors (Lipinski definition) is 1. The quantitative estimate of drug-likeness (QED) is 0.799. The summed E-state index contributed by atoms with van der Waals surface area (Å²) < 4.78 is 0. The van der Waals surface area contributed by atoms with E-state index >= 15 is 0 Å². The van der Waals surface area contributed by atoms with Crippen molar-refractivity contribution in [2.45, 2.75) is 12.8 Å². The van der Waals surface area contributed by atoms with Crippen LogP contribution in [0, 0.1) is 0 Å². The molecule has 1 N–H and O–H groups in total. The summed E-state index contributed by atoms with van der Waals surface area (Å²) >= 11 is 5.82. The van der Waals surface area contributed by atoms with Gasteiger partial charge in [0.1, 0.15) is 6.54 Å². The zero-order valence-corrected chi connectivity index (χ0v) is 14.9. The number of nitrogens with zero attached hydrogens (tertiary/aromatic N) is 3. The van der Waals surface area contributed by atoms with E-state index in [4.69, 9.17) is 11.6 Å². The van der Waals surface area contributed by atoms with Crippen molar-refractivity contribution < 1.29 is 19.2 Å². The highest BCUT2D eigenvalue weighted by molar-refractivity contribution is 6.30. The average Bonchev–Trinajstić information content (AvgIpc) is 2.95. The SMILES string of the molecule is O=C(CN1C(=O)CCC1=O)N1CCN(C(=O)Nc2ccc(Cl)cc2)CC1. The second-order valence-corrected chi connectivity index (χ2v) is 6.61. The van der Waals surface area contributed by atoms with Crippen molar-refractivity contribution in [1.29, 1.82) is 0 Å². The normalized spacial score (nSPS) is 17.7. The maximum Gasteiger partial charge on any atom is 0.321 e. The van der Waals surface area contributed by atoms with Crippen molar-refractivity contribution in [3.63, 3.8) is 0 Å². The number of carbonyl (C=O) groups is 4. The molecule has 9 heteroatoms. The van der Waals surface area contributed by atoms with Gasteiger partial charge in [0.15, 0.2) is 0 Å². The van der Waals surface area contributed by atoms with Gasteiger partial charge in [-0.2, -0.15) is 0 Å². The summed E-state index contributed by atoms with van der Waals surface area (Å²) in [7, 11) is 0. The number of hydrogen-bond acceptors (Lipinski definition) is 4. The Kier molecular flexibility index (Phi) is 5.41. The van der Waals surface area contributed by atoms with Crippen molar-refractivity contribution >= 4 is 41.0 Å². The molecule has 0 unspecified atom stereocenters. The number of rotatable bonds is 3. The molecule has 26 heavy (non-hydrogen) atoms. The molecule has 0 aliphatic carbocycles. The molecule has 2 saturated heterocycles. The molecule has 2 aliphatic heterocycles. The Morgan fingerprint density at radius 1 is 0.923 bits per heavy atom. The molecule has 1 aromatic rings. The van der Waals surface area contributed by atoms with Gasteiger partial charge in [-0.05, 0) is 24.3 Å². The lowest BCUT2D eigenvalue weighted by molar-refractivity contribution is -0.146. The number of imide groups is 1. The Labute approximate surface area is 155 Å². The summed E-state index contributed by atoms with van der Waals surface area (Å²) in [6.07, 6.45) is 0.343. The Bertz CT molecular complexity index is 713. The minimum absolute atomic E-state index is 0.171. The number of piperazine rings is 1. The molecule has 0 saturated carbocycles. The number of likely N-dealkylation sites (tertiary alicyclic amines) is 1. The van der Waals surface area contributed by atoms with Crippen molar-refractivity contribution in [2.75, 3.05) is 38.0 Å². The monoisotopic (exact) mass is 378 g/mol. The first kappa shape index (κ1) is 18.2. The second-order valence-electron chi connectivity index (χ2n) is 6.18. The Balaban J connectivity index is 1.48. The molecular weight excluding hydrogens is 360 g/mol. The van der Waals surface area contributed by atoms with Crippen LogP contribution in [0.25, 0.3) is 0 Å². The van der Waals surface area contributed by atoms with Crippen molar-refractivity contribution in [1.82, 2.24) is 14.7 Å². The minimum atomic E-state index is -0.302. The lowest BCUT2D eigenvalue weighted by Gasteiger charge is -2.35. The number of halogens is 1. The van der Waals surface area contributed by atoms with Gasteiger partial charge in [-0.15, -0.1) is 0 Å². The fourth-order valence-electron chi connectivity index (χ4n) is 2.93. The minimum Gasteiger partial charge on any atom is -0.338 e. The highest BCUT2D eigenvalue weighted by Gasteiger charge is 2.33. The van der Waals surface area contributed by atoms with Crippen LogP contribution < -0.4 is 5.32 Å². The topological polar surface area (TPSA) is 90.0 Å². The zero-order valence-electron chi connectivity index (χ0n) is 14.1. The van der Waals surface area contributed by atoms with Crippen LogP contribution in [0.15, 0.2) is 24.3 Å². The van der Waals surface area contributed by atoms with Crippen LogP contribution in [0.2, 0.25) is 5.02 Å². The van der Waals surface area contributed by atoms with Crippen molar-refractivity contribution in [2.24, 2.45) is 0 Å². The molecule has 0 aromatic heterocycles. The lowest BCUT2D eigenvalue weighted by Crippen LogP contribution is -2.53. The predicted octanol–water partition coefficient (Wildman–Crippen LogP) is 1.17. The van der Waals surface area contributed by atoms with Gasteiger partial charge in [0, 0.05) is 49.7 Å². The molecule has 0 bridgehead atoms. The molecule has 1 aromatic carbocycles. The molecule has 2 heterocycles. The van der Waals surface area contributed by atoms with Gasteiger partial charge in [0.2, 0.25) is 17.7 Å². The van der Waals surface area contributed by atoms with Crippen LogP contribution in [0.5, 0.6) is 0 Å². The van der Waals surface area contributed by atoms with Gasteiger partial charge in [0.05, 0.1) is 0 Å². The molecular formula is C17H19ClN4O4. The smallest absolute Gasteiger partial charge is 0.321 e. The van der Waals surface area contributed by atoms with Crippen LogP contribution in [0.1, 0.15) is 12.8 Å². The summed E-state index contributed by atoms with van der Waals surface area (Å²) in [4.78, 5) is 52.0. The number of urea groups is 1. The Morgan fingerprint density at radius 2 is 1.46 bits per heavy atom. The molecule has 5 amide bonds. The summed E-state index contributed by atoms with van der Waals surface area (Å²) in [6.45, 7) is 1.28. The second kappa shape index (κ2) is 7.74. The molecule has 0 spiro atoms. The summed E-state index contributed by atoms with van der Waals surface area (Å²) in [6, 6.07) is 6.56. The fourth-order valence-corrected chi connectivity index (χ4v) is 3.06. The van der Waals surface area contributed by atoms with Crippen molar-refractivity contribution in [3.05, 3.63) is 29.3 Å². The van der Waals surface area contributed by atoms with Crippen LogP contribution in [0.3, 0.4) is 0 Å². The summed E-state index contributed by atoms with van der Waals surface area (Å²) in [5, 5.41) is 3.37. The van der Waals surface area contributed by atoms with E-state index in [2.05, 4.69) is 5.32 Å². The van der Waals surface area contributed by atoms with E-state index in [1.54, 1.807) is 34.1 Å². The van der Waals surface area contributed by atoms with Crippen LogP contribution in [-0.4, -0.2) is 71.2 Å². The number of carbonyl (C=O) groups excluding carboxylic acids is 4. The van der Waals surface area contributed by atoms with E-state index in [0.29, 0.717) is 36.9 Å². The number of nitrogens with one attached hydrogen (secondary N) is 1. The Morgan fingerprint density at radius 3 is 2.04 bits per heavy atom. The van der Waals surface area contributed by atoms with Gasteiger partial charge in [-0.3, -0.25) is 19.3 Å². The molecule has 0 radical (unpaired) electrons. The van der Waals surface area contributed by atoms with Crippen LogP contribution >= 0.6 is 11.6 Å². The van der Waals surface area contributed by atoms with E-state index in [0.717, 1.165) is 4.90 Å². The summed E-state index contributed by atoms with van der Waals surface area (Å²) in [5.74, 6) is -0.875. The number of anilines is 1. The van der Waals surface area contributed by atoms with E-state index in [-0.39, 0.29) is 43.1 Å². The lowest BCUT2D eigenvalue weighted by atomic mass is 10.3. The molecule has 8 nitrogen and oxygen atoms in total. The first-order chi connectivity index (χ1) is 12.4. The van der Waals surface area contributed by atoms with Gasteiger partial charge in [-0.25, -0.2) is 4.79 Å². The third-order valence-electron chi connectivity index (χ3n) is 4.46. The standard InChI is InChI=1S/C17H19ClN4O4/c18-12-1-3-13(4-2-12)19-17(26)21-9-7-20(8-10-21)16(25)11-22-14(23)5-6-15(22)24/h1-4H,5-11H2,(H,19,26). The third-order valence-corrected chi connectivity index (χ3v) is 4.72. The van der Waals surface area contributed by atoms with E-state index < -0.39 is 0 Å². The first-order valence-corrected chi connectivity index (χ1v) is 8.74. The fraction of sp³-hybridized carbons (Fsp3) is 0.412. The largest absolute Gasteiger partial charge is 0.338 e. The molecule has 2 fully saturated rings. The third kappa shape index (κ3) is 4.13. The number of benzene rings is 1. The van der Waals surface area contributed by atoms with Crippen LogP contribution in [0.4, 0.5) is 10.5 Å². The molecule has 0 atom stereocenters. The summed E-state index contributed by atoms with van der Waals surface area (Å²) in [5.41, 5.74) is 0.643. The molecule has 2 aliphatic rings. The van der Waals surface area contributed by atoms with Gasteiger partial charge < -0.3 is 15.1 Å². The Hall–Kier alpha value is -2.61. The van der Waals surface area contributed by atoms with Crippen LogP contribution in [-0.2, 0) is 14.4 Å². The van der Waals surface area contributed by atoms with E-state index in [1.165, 1.54) is 0 Å². The maximum absolute atomic E-state index is 12.3. The predicted molar refractivity (Wildman–Crippen MR) is 94.6 cm³/mol. The molecule has 138 valence electrons.